The minimum Gasteiger partial charge on any atom is -0.350 e. The maximum atomic E-state index is 12.0. The number of fused-ring (bicyclic) bond motifs is 5. The van der Waals surface area contributed by atoms with Crippen LogP contribution in [0.1, 0.15) is 59.3 Å². The first-order valence-electron chi connectivity index (χ1n) is 11.1. The fourth-order valence-electron chi connectivity index (χ4n) is 7.77. The quantitative estimate of drug-likeness (QED) is 0.692. The van der Waals surface area contributed by atoms with Gasteiger partial charge in [0.25, 0.3) is 0 Å². The van der Waals surface area contributed by atoms with Crippen LogP contribution in [0.3, 0.4) is 0 Å². The number of carbonyl (C=O) groups is 1. The highest BCUT2D eigenvalue weighted by atomic mass is 16.7. The number of allylic oxidation sites excluding steroid dienone is 4. The van der Waals surface area contributed by atoms with Crippen molar-refractivity contribution in [2.45, 2.75) is 65.6 Å². The lowest BCUT2D eigenvalue weighted by Gasteiger charge is -2.56. The van der Waals surface area contributed by atoms with E-state index < -0.39 is 0 Å². The molecule has 1 aliphatic heterocycles. The number of ether oxygens (including phenoxy) is 2. The van der Waals surface area contributed by atoms with Crippen molar-refractivity contribution < 1.29 is 14.3 Å². The molecule has 0 radical (unpaired) electrons. The van der Waals surface area contributed by atoms with Gasteiger partial charge in [0.15, 0.2) is 12.1 Å². The van der Waals surface area contributed by atoms with Crippen molar-refractivity contribution in [2.75, 3.05) is 13.2 Å². The summed E-state index contributed by atoms with van der Waals surface area (Å²) >= 11 is 0. The molecule has 0 amide bonds. The van der Waals surface area contributed by atoms with Gasteiger partial charge in [-0.25, -0.2) is 0 Å². The fraction of sp³-hybridized carbons (Fsp3) is 0.792. The van der Waals surface area contributed by atoms with Crippen LogP contribution in [0.25, 0.3) is 0 Å². The van der Waals surface area contributed by atoms with Crippen LogP contribution in [0, 0.1) is 40.4 Å². The highest BCUT2D eigenvalue weighted by molar-refractivity contribution is 5.92. The van der Waals surface area contributed by atoms with Crippen LogP contribution in [0.5, 0.6) is 0 Å². The maximum absolute atomic E-state index is 12.0. The van der Waals surface area contributed by atoms with E-state index in [4.69, 9.17) is 9.47 Å². The molecule has 1 heterocycles. The highest BCUT2D eigenvalue weighted by Crippen LogP contribution is 2.66. The van der Waals surface area contributed by atoms with Crippen LogP contribution in [0.2, 0.25) is 0 Å². The number of hydrogen-bond acceptors (Lipinski definition) is 3. The van der Waals surface area contributed by atoms with E-state index in [9.17, 15) is 4.79 Å². The van der Waals surface area contributed by atoms with Crippen LogP contribution in [-0.4, -0.2) is 25.3 Å². The fourth-order valence-corrected chi connectivity index (χ4v) is 7.77. The second-order valence-electron chi connectivity index (χ2n) is 10.3. The predicted molar refractivity (Wildman–Crippen MR) is 105 cm³/mol. The molecule has 27 heavy (non-hydrogen) atoms. The molecule has 5 aliphatic rings. The molecule has 0 aromatic heterocycles. The Labute approximate surface area is 163 Å². The van der Waals surface area contributed by atoms with Gasteiger partial charge in [-0.3, -0.25) is 4.79 Å². The molecule has 0 aromatic carbocycles. The van der Waals surface area contributed by atoms with E-state index in [0.29, 0.717) is 34.9 Å². The predicted octanol–water partition coefficient (Wildman–Crippen LogP) is 4.92. The van der Waals surface area contributed by atoms with E-state index in [0.717, 1.165) is 32.0 Å². The summed E-state index contributed by atoms with van der Waals surface area (Å²) in [7, 11) is 0. The van der Waals surface area contributed by atoms with Crippen LogP contribution < -0.4 is 0 Å². The number of ketones is 1. The van der Waals surface area contributed by atoms with Crippen molar-refractivity contribution in [1.29, 1.82) is 0 Å². The monoisotopic (exact) mass is 370 g/mol. The number of carbonyl (C=O) groups excluding carboxylic acids is 1. The SMILES string of the molecule is C[C@H](C1OCCO1)C1CCC2C3C=CC4=CC(=O)CC[C@]4(C)C3CC[C@@]21C. The molecule has 3 fully saturated rings. The third-order valence-corrected chi connectivity index (χ3v) is 9.30. The van der Waals surface area contributed by atoms with E-state index >= 15 is 0 Å². The normalized spacial score (nSPS) is 48.0. The molecule has 4 aliphatic carbocycles. The molecule has 0 aromatic rings. The molecule has 148 valence electrons. The molecular weight excluding hydrogens is 336 g/mol. The van der Waals surface area contributed by atoms with Crippen LogP contribution in [0.15, 0.2) is 23.8 Å². The summed E-state index contributed by atoms with van der Waals surface area (Å²) in [4.78, 5) is 12.0. The Morgan fingerprint density at radius 3 is 2.63 bits per heavy atom. The molecule has 0 bridgehead atoms. The first-order chi connectivity index (χ1) is 12.9. The van der Waals surface area contributed by atoms with E-state index in [1.54, 1.807) is 0 Å². The molecule has 0 N–H and O–H groups in total. The van der Waals surface area contributed by atoms with Gasteiger partial charge in [-0.15, -0.1) is 0 Å². The molecular formula is C24H34O3. The third kappa shape index (κ3) is 2.57. The Morgan fingerprint density at radius 2 is 1.85 bits per heavy atom. The zero-order valence-corrected chi connectivity index (χ0v) is 17.1. The summed E-state index contributed by atoms with van der Waals surface area (Å²) < 4.78 is 11.8. The third-order valence-electron chi connectivity index (χ3n) is 9.30. The smallest absolute Gasteiger partial charge is 0.160 e. The Bertz CT molecular complexity index is 688. The summed E-state index contributed by atoms with van der Waals surface area (Å²) in [5.74, 6) is 3.62. The zero-order chi connectivity index (χ0) is 18.8. The minimum absolute atomic E-state index is 0.00149. The van der Waals surface area contributed by atoms with Crippen molar-refractivity contribution in [2.24, 2.45) is 40.4 Å². The first-order valence-corrected chi connectivity index (χ1v) is 11.1. The zero-order valence-electron chi connectivity index (χ0n) is 17.1. The molecule has 7 atom stereocenters. The Hall–Kier alpha value is -0.930. The lowest BCUT2D eigenvalue weighted by molar-refractivity contribution is -0.120. The van der Waals surface area contributed by atoms with Crippen LogP contribution in [0.4, 0.5) is 0 Å². The summed E-state index contributed by atoms with van der Waals surface area (Å²) in [6.45, 7) is 8.85. The van der Waals surface area contributed by atoms with Gasteiger partial charge in [-0.05, 0) is 78.3 Å². The number of rotatable bonds is 2. The van der Waals surface area contributed by atoms with Gasteiger partial charge in [-0.1, -0.05) is 32.9 Å². The molecule has 2 saturated carbocycles. The van der Waals surface area contributed by atoms with Crippen molar-refractivity contribution in [1.82, 2.24) is 0 Å². The molecule has 4 unspecified atom stereocenters. The lowest BCUT2D eigenvalue weighted by Crippen LogP contribution is -2.50. The molecule has 3 nitrogen and oxygen atoms in total. The van der Waals surface area contributed by atoms with Gasteiger partial charge in [0.05, 0.1) is 13.2 Å². The summed E-state index contributed by atoms with van der Waals surface area (Å²) in [6.07, 6.45) is 13.7. The van der Waals surface area contributed by atoms with Crippen molar-refractivity contribution >= 4 is 5.78 Å². The van der Waals surface area contributed by atoms with Gasteiger partial charge in [0, 0.05) is 12.3 Å². The summed E-state index contributed by atoms with van der Waals surface area (Å²) in [5, 5.41) is 0. The van der Waals surface area contributed by atoms with E-state index in [1.807, 2.05) is 6.08 Å². The average Bonchev–Trinajstić information content (AvgIpc) is 3.29. The largest absolute Gasteiger partial charge is 0.350 e. The molecule has 5 rings (SSSR count). The topological polar surface area (TPSA) is 35.5 Å². The van der Waals surface area contributed by atoms with E-state index in [2.05, 4.69) is 32.9 Å². The van der Waals surface area contributed by atoms with Crippen LogP contribution >= 0.6 is 0 Å². The molecule has 1 saturated heterocycles. The number of hydrogen-bond donors (Lipinski definition) is 0. The first kappa shape index (κ1) is 18.1. The maximum Gasteiger partial charge on any atom is 0.160 e. The highest BCUT2D eigenvalue weighted by Gasteiger charge is 2.59. The van der Waals surface area contributed by atoms with Gasteiger partial charge < -0.3 is 9.47 Å². The Kier molecular flexibility index (Phi) is 4.22. The lowest BCUT2D eigenvalue weighted by atomic mass is 9.48. The van der Waals surface area contributed by atoms with Crippen LogP contribution in [-0.2, 0) is 14.3 Å². The van der Waals surface area contributed by atoms with Gasteiger partial charge in [0.2, 0.25) is 0 Å². The van der Waals surface area contributed by atoms with Crippen molar-refractivity contribution in [3.05, 3.63) is 23.8 Å². The summed E-state index contributed by atoms with van der Waals surface area (Å²) in [5.41, 5.74) is 1.90. The van der Waals surface area contributed by atoms with E-state index in [-0.39, 0.29) is 11.7 Å². The molecule has 3 heteroatoms. The second-order valence-corrected chi connectivity index (χ2v) is 10.3. The van der Waals surface area contributed by atoms with Crippen molar-refractivity contribution in [3.63, 3.8) is 0 Å². The summed E-state index contributed by atoms with van der Waals surface area (Å²) in [6, 6.07) is 0. The van der Waals surface area contributed by atoms with Gasteiger partial charge in [0.1, 0.15) is 0 Å². The average molecular weight is 371 g/mol. The van der Waals surface area contributed by atoms with Gasteiger partial charge >= 0.3 is 0 Å². The Balaban J connectivity index is 1.44. The van der Waals surface area contributed by atoms with E-state index in [1.165, 1.54) is 31.3 Å². The second kappa shape index (κ2) is 6.29. The minimum atomic E-state index is 0.00149. The standard InChI is InChI=1S/C24H34O3/c1-15(22-26-12-13-27-22)19-6-7-20-18-5-4-16-14-17(25)8-10-23(16,2)21(18)9-11-24(19,20)3/h4-5,14-15,18-22H,6-13H2,1-3H3/t15-,18?,19?,20?,21?,23-,24+/m0/s1. The van der Waals surface area contributed by atoms with Crippen molar-refractivity contribution in [3.8, 4) is 0 Å². The Morgan fingerprint density at radius 1 is 1.07 bits per heavy atom. The molecule has 0 spiro atoms. The van der Waals surface area contributed by atoms with Gasteiger partial charge in [-0.2, -0.15) is 0 Å².